The first-order chi connectivity index (χ1) is 7.24. The molecule has 1 N–H and O–H groups in total. The van der Waals surface area contributed by atoms with Gasteiger partial charge >= 0.3 is 0 Å². The second kappa shape index (κ2) is 7.24. The van der Waals surface area contributed by atoms with Crippen LogP contribution < -0.4 is 5.32 Å². The summed E-state index contributed by atoms with van der Waals surface area (Å²) in [5.74, 6) is 0. The zero-order chi connectivity index (χ0) is 11.1. The number of rotatable bonds is 7. The summed E-state index contributed by atoms with van der Waals surface area (Å²) in [6.07, 6.45) is 8.36. The molecular formula is C13H27NO. The fraction of sp³-hybridized carbons (Fsp3) is 1.00. The Bertz CT molecular complexity index is 161. The predicted octanol–water partition coefficient (Wildman–Crippen LogP) is 3.11. The third kappa shape index (κ3) is 4.98. The van der Waals surface area contributed by atoms with Crippen LogP contribution in [0, 0.1) is 0 Å². The van der Waals surface area contributed by atoms with Gasteiger partial charge in [-0.15, -0.1) is 0 Å². The molecule has 2 nitrogen and oxygen atoms in total. The van der Waals surface area contributed by atoms with Crippen LogP contribution in [0.5, 0.6) is 0 Å². The quantitative estimate of drug-likeness (QED) is 0.656. The van der Waals surface area contributed by atoms with Gasteiger partial charge in [-0.25, -0.2) is 0 Å². The first kappa shape index (κ1) is 13.0. The summed E-state index contributed by atoms with van der Waals surface area (Å²) in [7, 11) is 0. The van der Waals surface area contributed by atoms with Gasteiger partial charge in [-0.1, -0.05) is 32.6 Å². The zero-order valence-corrected chi connectivity index (χ0v) is 10.6. The molecular weight excluding hydrogens is 186 g/mol. The van der Waals surface area contributed by atoms with Crippen molar-refractivity contribution in [2.45, 2.75) is 77.5 Å². The summed E-state index contributed by atoms with van der Waals surface area (Å²) in [6, 6.07) is 1.24. The van der Waals surface area contributed by atoms with Crippen LogP contribution in [-0.4, -0.2) is 24.8 Å². The van der Waals surface area contributed by atoms with Gasteiger partial charge in [-0.3, -0.25) is 0 Å². The summed E-state index contributed by atoms with van der Waals surface area (Å²) < 4.78 is 5.55. The smallest absolute Gasteiger partial charge is 0.0700 e. The molecule has 0 bridgehead atoms. The Morgan fingerprint density at radius 1 is 1.33 bits per heavy atom. The van der Waals surface area contributed by atoms with Gasteiger partial charge in [0.05, 0.1) is 6.10 Å². The lowest BCUT2D eigenvalue weighted by molar-refractivity contribution is 0.111. The molecule has 0 amide bonds. The molecule has 0 aromatic heterocycles. The summed E-state index contributed by atoms with van der Waals surface area (Å²) in [6.45, 7) is 7.67. The molecule has 3 atom stereocenters. The van der Waals surface area contributed by atoms with E-state index in [-0.39, 0.29) is 0 Å². The van der Waals surface area contributed by atoms with Crippen LogP contribution in [0.25, 0.3) is 0 Å². The van der Waals surface area contributed by atoms with E-state index >= 15 is 0 Å². The zero-order valence-electron chi connectivity index (χ0n) is 10.6. The number of hydrogen-bond donors (Lipinski definition) is 1. The van der Waals surface area contributed by atoms with E-state index in [1.165, 1.54) is 38.5 Å². The van der Waals surface area contributed by atoms with E-state index < -0.39 is 0 Å². The first-order valence-electron chi connectivity index (χ1n) is 6.61. The Kier molecular flexibility index (Phi) is 6.26. The molecule has 0 spiro atoms. The van der Waals surface area contributed by atoms with Gasteiger partial charge in [0.1, 0.15) is 0 Å². The minimum atomic E-state index is 0.406. The average Bonchev–Trinajstić information content (AvgIpc) is 2.59. The molecule has 1 saturated heterocycles. The van der Waals surface area contributed by atoms with Gasteiger partial charge in [0.15, 0.2) is 0 Å². The van der Waals surface area contributed by atoms with E-state index in [4.69, 9.17) is 4.74 Å². The molecule has 0 aromatic rings. The van der Waals surface area contributed by atoms with Gasteiger partial charge < -0.3 is 10.1 Å². The van der Waals surface area contributed by atoms with Crippen LogP contribution in [0.4, 0.5) is 0 Å². The minimum absolute atomic E-state index is 0.406. The Balaban J connectivity index is 2.04. The molecule has 0 aliphatic carbocycles. The Labute approximate surface area is 94.8 Å². The highest BCUT2D eigenvalue weighted by molar-refractivity contribution is 4.81. The lowest BCUT2D eigenvalue weighted by atomic mass is 10.1. The van der Waals surface area contributed by atoms with Gasteiger partial charge in [0, 0.05) is 18.7 Å². The molecule has 1 heterocycles. The molecule has 90 valence electrons. The van der Waals surface area contributed by atoms with Crippen molar-refractivity contribution in [3.8, 4) is 0 Å². The molecule has 0 aromatic carbocycles. The van der Waals surface area contributed by atoms with Crippen LogP contribution >= 0.6 is 0 Å². The van der Waals surface area contributed by atoms with E-state index in [1.807, 2.05) is 0 Å². The van der Waals surface area contributed by atoms with Crippen LogP contribution in [0.2, 0.25) is 0 Å². The highest BCUT2D eigenvalue weighted by Crippen LogP contribution is 2.14. The maximum Gasteiger partial charge on any atom is 0.0700 e. The highest BCUT2D eigenvalue weighted by atomic mass is 16.5. The summed E-state index contributed by atoms with van der Waals surface area (Å²) in [5.41, 5.74) is 0. The molecule has 1 fully saturated rings. The lowest BCUT2D eigenvalue weighted by Gasteiger charge is -2.21. The van der Waals surface area contributed by atoms with Gasteiger partial charge in [0.25, 0.3) is 0 Å². The maximum absolute atomic E-state index is 5.55. The Morgan fingerprint density at radius 3 is 2.73 bits per heavy atom. The molecule has 3 unspecified atom stereocenters. The SMILES string of the molecule is CCCCCCC(C)NC1CCOC1C. The van der Waals surface area contributed by atoms with Crippen LogP contribution in [-0.2, 0) is 4.74 Å². The van der Waals surface area contributed by atoms with E-state index in [9.17, 15) is 0 Å². The summed E-state index contributed by atoms with van der Waals surface area (Å²) >= 11 is 0. The van der Waals surface area contributed by atoms with Crippen molar-refractivity contribution in [2.24, 2.45) is 0 Å². The number of nitrogens with one attached hydrogen (secondary N) is 1. The maximum atomic E-state index is 5.55. The third-order valence-corrected chi connectivity index (χ3v) is 3.37. The number of unbranched alkanes of at least 4 members (excludes halogenated alkanes) is 3. The first-order valence-corrected chi connectivity index (χ1v) is 6.61. The lowest BCUT2D eigenvalue weighted by Crippen LogP contribution is -2.40. The Hall–Kier alpha value is -0.0800. The summed E-state index contributed by atoms with van der Waals surface area (Å²) in [5, 5.41) is 3.68. The van der Waals surface area contributed by atoms with Gasteiger partial charge in [-0.2, -0.15) is 0 Å². The molecule has 15 heavy (non-hydrogen) atoms. The topological polar surface area (TPSA) is 21.3 Å². The fourth-order valence-electron chi connectivity index (χ4n) is 2.28. The van der Waals surface area contributed by atoms with E-state index in [0.717, 1.165) is 6.61 Å². The van der Waals surface area contributed by atoms with E-state index in [0.29, 0.717) is 18.2 Å². The second-order valence-corrected chi connectivity index (χ2v) is 4.89. The molecule has 1 rings (SSSR count). The van der Waals surface area contributed by atoms with Crippen molar-refractivity contribution in [3.63, 3.8) is 0 Å². The largest absolute Gasteiger partial charge is 0.377 e. The molecule has 1 aliphatic rings. The standard InChI is InChI=1S/C13H27NO/c1-4-5-6-7-8-11(2)14-13-9-10-15-12(13)3/h11-14H,4-10H2,1-3H3. The molecule has 2 heteroatoms. The van der Waals surface area contributed by atoms with Crippen molar-refractivity contribution in [3.05, 3.63) is 0 Å². The van der Waals surface area contributed by atoms with Crippen molar-refractivity contribution in [1.29, 1.82) is 0 Å². The van der Waals surface area contributed by atoms with Crippen LogP contribution in [0.15, 0.2) is 0 Å². The fourth-order valence-corrected chi connectivity index (χ4v) is 2.28. The van der Waals surface area contributed by atoms with E-state index in [2.05, 4.69) is 26.1 Å². The number of hydrogen-bond acceptors (Lipinski definition) is 2. The Morgan fingerprint density at radius 2 is 2.13 bits per heavy atom. The minimum Gasteiger partial charge on any atom is -0.377 e. The molecule has 0 radical (unpaired) electrons. The summed E-state index contributed by atoms with van der Waals surface area (Å²) in [4.78, 5) is 0. The molecule has 0 saturated carbocycles. The highest BCUT2D eigenvalue weighted by Gasteiger charge is 2.24. The van der Waals surface area contributed by atoms with E-state index in [1.54, 1.807) is 0 Å². The third-order valence-electron chi connectivity index (χ3n) is 3.37. The molecule has 1 aliphatic heterocycles. The number of ether oxygens (including phenoxy) is 1. The van der Waals surface area contributed by atoms with Crippen molar-refractivity contribution in [1.82, 2.24) is 5.32 Å². The van der Waals surface area contributed by atoms with Gasteiger partial charge in [-0.05, 0) is 26.7 Å². The van der Waals surface area contributed by atoms with Crippen molar-refractivity contribution in [2.75, 3.05) is 6.61 Å². The second-order valence-electron chi connectivity index (χ2n) is 4.89. The predicted molar refractivity (Wildman–Crippen MR) is 65.2 cm³/mol. The van der Waals surface area contributed by atoms with Crippen LogP contribution in [0.1, 0.15) is 59.3 Å². The normalized spacial score (nSPS) is 28.2. The van der Waals surface area contributed by atoms with Crippen LogP contribution in [0.3, 0.4) is 0 Å². The van der Waals surface area contributed by atoms with Crippen molar-refractivity contribution >= 4 is 0 Å². The van der Waals surface area contributed by atoms with Crippen molar-refractivity contribution < 1.29 is 4.74 Å². The van der Waals surface area contributed by atoms with Gasteiger partial charge in [0.2, 0.25) is 0 Å². The monoisotopic (exact) mass is 213 g/mol. The average molecular weight is 213 g/mol.